The second kappa shape index (κ2) is 9.36. The Morgan fingerprint density at radius 1 is 1.11 bits per heavy atom. The first-order chi connectivity index (χ1) is 16.5. The molecular formula is C25H25F3N6O. The van der Waals surface area contributed by atoms with Crippen molar-refractivity contribution in [1.29, 1.82) is 0 Å². The molecule has 0 aliphatic rings. The Kier molecular flexibility index (Phi) is 6.47. The number of hydrogen-bond donors (Lipinski definition) is 1. The predicted octanol–water partition coefficient (Wildman–Crippen LogP) is 5.08. The number of aryl methyl sites for hydroxylation is 1. The van der Waals surface area contributed by atoms with Gasteiger partial charge in [-0.05, 0) is 49.2 Å². The highest BCUT2D eigenvalue weighted by molar-refractivity contribution is 5.92. The van der Waals surface area contributed by atoms with Crippen LogP contribution in [0.15, 0.2) is 54.9 Å². The van der Waals surface area contributed by atoms with Crippen LogP contribution < -0.4 is 5.32 Å². The molecule has 0 unspecified atom stereocenters. The van der Waals surface area contributed by atoms with Gasteiger partial charge in [-0.15, -0.1) is 0 Å². The molecule has 0 bridgehead atoms. The Bertz CT molecular complexity index is 1380. The number of carbonyl (C=O) groups excluding carboxylic acids is 1. The topological polar surface area (TPSA) is 75.9 Å². The number of likely N-dealkylation sites (N-methyl/N-ethyl adjacent to an activating group) is 1. The molecule has 0 radical (unpaired) electrons. The molecule has 1 amide bonds. The quantitative estimate of drug-likeness (QED) is 0.415. The first-order valence-electron chi connectivity index (χ1n) is 11.0. The van der Waals surface area contributed by atoms with Gasteiger partial charge in [-0.1, -0.05) is 18.2 Å². The van der Waals surface area contributed by atoms with Crippen molar-refractivity contribution in [1.82, 2.24) is 24.6 Å². The Balaban J connectivity index is 1.66. The lowest BCUT2D eigenvalue weighted by Gasteiger charge is -2.18. The zero-order valence-electron chi connectivity index (χ0n) is 19.8. The molecule has 2 aromatic heterocycles. The molecule has 10 heteroatoms. The van der Waals surface area contributed by atoms with Crippen LogP contribution in [0.5, 0.6) is 0 Å². The summed E-state index contributed by atoms with van der Waals surface area (Å²) < 4.78 is 41.1. The lowest BCUT2D eigenvalue weighted by atomic mass is 10.0. The van der Waals surface area contributed by atoms with E-state index in [4.69, 9.17) is 0 Å². The summed E-state index contributed by atoms with van der Waals surface area (Å²) in [4.78, 5) is 22.5. The molecule has 1 N–H and O–H groups in total. The Labute approximate surface area is 200 Å². The van der Waals surface area contributed by atoms with Gasteiger partial charge in [-0.3, -0.25) is 9.48 Å². The summed E-state index contributed by atoms with van der Waals surface area (Å²) in [5.74, 6) is 0.991. The van der Waals surface area contributed by atoms with Crippen molar-refractivity contribution >= 4 is 22.6 Å². The predicted molar refractivity (Wildman–Crippen MR) is 128 cm³/mol. The summed E-state index contributed by atoms with van der Waals surface area (Å²) in [6.45, 7) is 3.68. The molecule has 0 saturated carbocycles. The van der Waals surface area contributed by atoms with Gasteiger partial charge in [0.15, 0.2) is 0 Å². The molecule has 35 heavy (non-hydrogen) atoms. The third-order valence-corrected chi connectivity index (χ3v) is 5.64. The molecule has 4 rings (SSSR count). The van der Waals surface area contributed by atoms with E-state index in [1.54, 1.807) is 51.1 Å². The van der Waals surface area contributed by atoms with Gasteiger partial charge in [-0.25, -0.2) is 9.97 Å². The second-order valence-corrected chi connectivity index (χ2v) is 8.56. The molecule has 7 nitrogen and oxygen atoms in total. The summed E-state index contributed by atoms with van der Waals surface area (Å²) in [6.07, 6.45) is -0.947. The molecule has 2 heterocycles. The van der Waals surface area contributed by atoms with Crippen LogP contribution in [-0.2, 0) is 17.5 Å². The number of halogens is 3. The van der Waals surface area contributed by atoms with E-state index in [0.717, 1.165) is 28.6 Å². The van der Waals surface area contributed by atoms with Gasteiger partial charge in [0.05, 0.1) is 17.3 Å². The largest absolute Gasteiger partial charge is 0.416 e. The number of nitrogens with zero attached hydrogens (tertiary/aromatic N) is 5. The van der Waals surface area contributed by atoms with Gasteiger partial charge >= 0.3 is 6.18 Å². The average Bonchev–Trinajstić information content (AvgIpc) is 3.26. The maximum Gasteiger partial charge on any atom is 0.416 e. The molecule has 0 spiro atoms. The summed E-state index contributed by atoms with van der Waals surface area (Å²) in [5.41, 5.74) is 2.17. The van der Waals surface area contributed by atoms with E-state index < -0.39 is 17.8 Å². The zero-order valence-corrected chi connectivity index (χ0v) is 19.8. The standard InChI is InChI=1S/C25H25F3N6O/c1-15(17-6-5-7-20(10-17)25(26,27)28)30-24-21-11-18(8-9-22(21)31-16(2)32-24)19-12-29-34(13-19)14-23(35)33(3)4/h5-13,15H,14H2,1-4H3,(H,30,31,32)/t15-/m0/s1. The van der Waals surface area contributed by atoms with Crippen LogP contribution in [0.25, 0.3) is 22.0 Å². The highest BCUT2D eigenvalue weighted by Gasteiger charge is 2.30. The molecule has 0 aliphatic heterocycles. The van der Waals surface area contributed by atoms with E-state index in [1.807, 2.05) is 18.2 Å². The number of rotatable bonds is 6. The maximum absolute atomic E-state index is 13.2. The Hall–Kier alpha value is -3.95. The number of nitrogens with one attached hydrogen (secondary N) is 1. The van der Waals surface area contributed by atoms with Gasteiger partial charge in [-0.2, -0.15) is 18.3 Å². The van der Waals surface area contributed by atoms with Crippen LogP contribution in [0, 0.1) is 6.92 Å². The van der Waals surface area contributed by atoms with Crippen LogP contribution in [0.3, 0.4) is 0 Å². The Morgan fingerprint density at radius 3 is 2.60 bits per heavy atom. The van der Waals surface area contributed by atoms with Crippen molar-refractivity contribution < 1.29 is 18.0 Å². The Morgan fingerprint density at radius 2 is 1.89 bits per heavy atom. The number of fused-ring (bicyclic) bond motifs is 1. The molecule has 1 atom stereocenters. The lowest BCUT2D eigenvalue weighted by molar-refractivity contribution is -0.137. The van der Waals surface area contributed by atoms with Crippen molar-refractivity contribution in [3.8, 4) is 11.1 Å². The molecule has 0 saturated heterocycles. The second-order valence-electron chi connectivity index (χ2n) is 8.56. The van der Waals surface area contributed by atoms with E-state index in [1.165, 1.54) is 11.0 Å². The van der Waals surface area contributed by atoms with Crippen LogP contribution in [0.4, 0.5) is 19.0 Å². The third-order valence-electron chi connectivity index (χ3n) is 5.64. The van der Waals surface area contributed by atoms with E-state index >= 15 is 0 Å². The molecule has 4 aromatic rings. The molecule has 0 fully saturated rings. The first-order valence-corrected chi connectivity index (χ1v) is 11.0. The number of carbonyl (C=O) groups is 1. The smallest absolute Gasteiger partial charge is 0.363 e. The molecule has 2 aromatic carbocycles. The maximum atomic E-state index is 13.2. The van der Waals surface area contributed by atoms with Gasteiger partial charge < -0.3 is 10.2 Å². The summed E-state index contributed by atoms with van der Waals surface area (Å²) in [7, 11) is 3.37. The normalized spacial score (nSPS) is 12.5. The van der Waals surface area contributed by atoms with Crippen LogP contribution in [-0.4, -0.2) is 44.7 Å². The SMILES string of the molecule is Cc1nc(N[C@@H](C)c2cccc(C(F)(F)F)c2)c2cc(-c3cnn(CC(=O)N(C)C)c3)ccc2n1. The molecular weight excluding hydrogens is 457 g/mol. The van der Waals surface area contributed by atoms with Gasteiger partial charge in [0.25, 0.3) is 0 Å². The third kappa shape index (κ3) is 5.42. The van der Waals surface area contributed by atoms with Crippen molar-refractivity contribution in [2.45, 2.75) is 32.6 Å². The van der Waals surface area contributed by atoms with Crippen molar-refractivity contribution in [3.63, 3.8) is 0 Å². The van der Waals surface area contributed by atoms with E-state index in [0.29, 0.717) is 22.7 Å². The van der Waals surface area contributed by atoms with Crippen LogP contribution in [0.2, 0.25) is 0 Å². The first kappa shape index (κ1) is 24.2. The highest BCUT2D eigenvalue weighted by atomic mass is 19.4. The fourth-order valence-corrected chi connectivity index (χ4v) is 3.69. The number of aromatic nitrogens is 4. The van der Waals surface area contributed by atoms with Crippen LogP contribution in [0.1, 0.15) is 29.9 Å². The minimum atomic E-state index is -4.41. The van der Waals surface area contributed by atoms with Crippen molar-refractivity contribution in [3.05, 3.63) is 71.8 Å². The number of benzene rings is 2. The van der Waals surface area contributed by atoms with E-state index in [9.17, 15) is 18.0 Å². The molecule has 182 valence electrons. The van der Waals surface area contributed by atoms with Gasteiger partial charge in [0.2, 0.25) is 5.91 Å². The minimum absolute atomic E-state index is 0.0721. The highest BCUT2D eigenvalue weighted by Crippen LogP contribution is 2.33. The number of anilines is 1. The molecule has 0 aliphatic carbocycles. The van der Waals surface area contributed by atoms with Gasteiger partial charge in [0, 0.05) is 37.3 Å². The van der Waals surface area contributed by atoms with E-state index in [2.05, 4.69) is 20.4 Å². The minimum Gasteiger partial charge on any atom is -0.363 e. The average molecular weight is 483 g/mol. The summed E-state index contributed by atoms with van der Waals surface area (Å²) >= 11 is 0. The summed E-state index contributed by atoms with van der Waals surface area (Å²) in [6, 6.07) is 10.5. The summed E-state index contributed by atoms with van der Waals surface area (Å²) in [5, 5.41) is 8.26. The van der Waals surface area contributed by atoms with Crippen molar-refractivity contribution in [2.75, 3.05) is 19.4 Å². The monoisotopic (exact) mass is 482 g/mol. The lowest BCUT2D eigenvalue weighted by Crippen LogP contribution is -2.26. The number of hydrogen-bond acceptors (Lipinski definition) is 5. The number of amides is 1. The van der Waals surface area contributed by atoms with Crippen molar-refractivity contribution in [2.24, 2.45) is 0 Å². The number of alkyl halides is 3. The van der Waals surface area contributed by atoms with Crippen LogP contribution >= 0.6 is 0 Å². The van der Waals surface area contributed by atoms with Gasteiger partial charge in [0.1, 0.15) is 18.2 Å². The fourth-order valence-electron chi connectivity index (χ4n) is 3.69. The fraction of sp³-hybridized carbons (Fsp3) is 0.280. The zero-order chi connectivity index (χ0) is 25.3. The van der Waals surface area contributed by atoms with E-state index in [-0.39, 0.29) is 12.5 Å².